The summed E-state index contributed by atoms with van der Waals surface area (Å²) in [6.45, 7) is -8.61. The molecule has 0 bridgehead atoms. The van der Waals surface area contributed by atoms with Crippen LogP contribution in [0.5, 0.6) is 0 Å². The minimum absolute atomic E-state index is 0. The molecule has 65 heavy (non-hydrogen) atoms. The number of nitrogens with one attached hydrogen (secondary N) is 1. The molecule has 4 heterocycles. The third kappa shape index (κ3) is 15.2. The number of ether oxygens (including phenoxy) is 2. The minimum Gasteiger partial charge on any atom is -0.478 e. The summed E-state index contributed by atoms with van der Waals surface area (Å²) in [5.41, 5.74) is 10.9. The van der Waals surface area contributed by atoms with Crippen molar-refractivity contribution in [2.45, 2.75) is 20.3 Å². The summed E-state index contributed by atoms with van der Waals surface area (Å²) in [6, 6.07) is 34.5. The Hall–Kier alpha value is -7.27. The van der Waals surface area contributed by atoms with Gasteiger partial charge in [-0.3, -0.25) is 4.79 Å². The van der Waals surface area contributed by atoms with Gasteiger partial charge in [0.25, 0.3) is 5.91 Å². The molecule has 336 valence electrons. The zero-order valence-corrected chi connectivity index (χ0v) is 35.2. The SMILES string of the molecule is C.Cl.N#CCN.[2H]C1([2H])COCC([2H])([2H])N1c1ccc(Cc2nccc(-c3ccc(C(=O)NCC#N)cc3)n2)cc1.[2H]C1([2H])COCC([2H])([2H])N1c1ccc(Cc2nccc(-c3ccc(C(=O)O)cc3)n2)cc1. The Balaban J connectivity index is 0.000000288. The lowest BCUT2D eigenvalue weighted by molar-refractivity contribution is 0.0696. The van der Waals surface area contributed by atoms with Crippen molar-refractivity contribution in [3.8, 4) is 34.7 Å². The van der Waals surface area contributed by atoms with Crippen molar-refractivity contribution in [3.63, 3.8) is 0 Å². The molecule has 0 unspecified atom stereocenters. The molecule has 8 rings (SSSR count). The van der Waals surface area contributed by atoms with Crippen LogP contribution in [0.2, 0.25) is 0 Å². The van der Waals surface area contributed by atoms with E-state index in [4.69, 9.17) is 36.1 Å². The average molecular weight is 906 g/mol. The van der Waals surface area contributed by atoms with E-state index in [0.29, 0.717) is 52.8 Å². The zero-order valence-electron chi connectivity index (χ0n) is 42.3. The summed E-state index contributed by atoms with van der Waals surface area (Å²) >= 11 is 0. The van der Waals surface area contributed by atoms with Crippen LogP contribution < -0.4 is 20.9 Å². The summed E-state index contributed by atoms with van der Waals surface area (Å²) in [7, 11) is 0. The van der Waals surface area contributed by atoms with Gasteiger partial charge in [0, 0.05) is 79.3 Å². The average Bonchev–Trinajstić information content (AvgIpc) is 3.34. The van der Waals surface area contributed by atoms with Gasteiger partial charge in [-0.1, -0.05) is 56.0 Å². The van der Waals surface area contributed by atoms with Gasteiger partial charge >= 0.3 is 5.97 Å². The van der Waals surface area contributed by atoms with Crippen molar-refractivity contribution in [2.24, 2.45) is 5.73 Å². The topological polar surface area (TPSA) is 216 Å². The fourth-order valence-electron chi connectivity index (χ4n) is 6.00. The molecule has 0 radical (unpaired) electrons. The maximum absolute atomic E-state index is 12.0. The van der Waals surface area contributed by atoms with Crippen molar-refractivity contribution in [2.75, 3.05) is 75.3 Å². The smallest absolute Gasteiger partial charge is 0.335 e. The Morgan fingerprint density at radius 3 is 1.43 bits per heavy atom. The first kappa shape index (κ1) is 39.3. The molecule has 0 atom stereocenters. The van der Waals surface area contributed by atoms with Gasteiger partial charge in [0.05, 0.1) is 73.0 Å². The molecule has 0 spiro atoms. The van der Waals surface area contributed by atoms with Crippen LogP contribution >= 0.6 is 12.4 Å². The molecule has 2 fully saturated rings. The molecular weight excluding hydrogens is 844 g/mol. The van der Waals surface area contributed by atoms with Crippen LogP contribution in [0.3, 0.4) is 0 Å². The first-order chi connectivity index (χ1) is 33.8. The van der Waals surface area contributed by atoms with Gasteiger partial charge in [0.15, 0.2) is 0 Å². The van der Waals surface area contributed by atoms with Crippen molar-refractivity contribution in [1.29, 1.82) is 10.5 Å². The van der Waals surface area contributed by atoms with E-state index < -0.39 is 32.0 Å². The van der Waals surface area contributed by atoms with Crippen LogP contribution in [0, 0.1) is 22.7 Å². The number of nitrogens with two attached hydrogens (primary N) is 1. The second kappa shape index (κ2) is 26.4. The van der Waals surface area contributed by atoms with Crippen LogP contribution in [0.15, 0.2) is 122 Å². The number of anilines is 2. The number of aromatic carboxylic acids is 1. The number of carboxylic acid groups (broad SMARTS) is 1. The van der Waals surface area contributed by atoms with Gasteiger partial charge in [-0.25, -0.2) is 24.7 Å². The first-order valence-electron chi connectivity index (χ1n) is 23.5. The Kier molecular flexibility index (Phi) is 16.0. The van der Waals surface area contributed by atoms with Gasteiger partial charge in [-0.15, -0.1) is 12.4 Å². The summed E-state index contributed by atoms with van der Waals surface area (Å²) in [4.78, 5) is 43.1. The predicted molar refractivity (Wildman–Crippen MR) is 253 cm³/mol. The Bertz CT molecular complexity index is 2840. The number of carbonyl (C=O) groups is 2. The zero-order chi connectivity index (χ0) is 51.4. The highest BCUT2D eigenvalue weighted by Crippen LogP contribution is 2.22. The number of benzene rings is 4. The quantitative estimate of drug-likeness (QED) is 0.117. The number of hydrogen-bond donors (Lipinski definition) is 3. The van der Waals surface area contributed by atoms with E-state index >= 15 is 0 Å². The van der Waals surface area contributed by atoms with Gasteiger partial charge in [0.2, 0.25) is 0 Å². The van der Waals surface area contributed by atoms with Crippen LogP contribution in [-0.4, -0.2) is 102 Å². The Labute approximate surface area is 397 Å². The summed E-state index contributed by atoms with van der Waals surface area (Å²) in [5, 5.41) is 27.6. The van der Waals surface area contributed by atoms with Crippen LogP contribution in [0.25, 0.3) is 22.5 Å². The number of aromatic nitrogens is 4. The van der Waals surface area contributed by atoms with E-state index in [1.807, 2.05) is 18.2 Å². The number of carboxylic acids is 1. The number of amides is 1. The van der Waals surface area contributed by atoms with Crippen molar-refractivity contribution in [1.82, 2.24) is 25.3 Å². The molecule has 2 saturated heterocycles. The molecule has 2 aromatic heterocycles. The normalized spacial score (nSPS) is 17.7. The van der Waals surface area contributed by atoms with Gasteiger partial charge < -0.3 is 35.4 Å². The van der Waals surface area contributed by atoms with Gasteiger partial charge in [-0.05, 0) is 71.8 Å². The molecule has 4 aromatic carbocycles. The molecular formula is C49H53ClN10O5. The van der Waals surface area contributed by atoms with Crippen LogP contribution in [0.1, 0.15) is 61.9 Å². The van der Waals surface area contributed by atoms with E-state index in [-0.39, 0.29) is 70.8 Å². The number of carbonyl (C=O) groups excluding carboxylic acids is 1. The van der Waals surface area contributed by atoms with E-state index in [0.717, 1.165) is 32.1 Å². The van der Waals surface area contributed by atoms with Crippen LogP contribution in [-0.2, 0) is 22.3 Å². The third-order valence-electron chi connectivity index (χ3n) is 9.11. The molecule has 15 nitrogen and oxygen atoms in total. The second-order valence-corrected chi connectivity index (χ2v) is 13.4. The monoisotopic (exact) mass is 904 g/mol. The highest BCUT2D eigenvalue weighted by Gasteiger charge is 2.14. The van der Waals surface area contributed by atoms with Crippen LogP contribution in [0.4, 0.5) is 11.4 Å². The molecule has 1 amide bonds. The lowest BCUT2D eigenvalue weighted by atomic mass is 10.1. The Morgan fingerprint density at radius 1 is 0.662 bits per heavy atom. The van der Waals surface area contributed by atoms with E-state index in [1.165, 1.54) is 12.1 Å². The summed E-state index contributed by atoms with van der Waals surface area (Å²) in [6.07, 6.45) is 4.18. The van der Waals surface area contributed by atoms with Crippen molar-refractivity contribution >= 4 is 35.7 Å². The maximum atomic E-state index is 12.0. The van der Waals surface area contributed by atoms with Gasteiger partial charge in [0.1, 0.15) is 18.2 Å². The lowest BCUT2D eigenvalue weighted by Gasteiger charge is -2.28. The van der Waals surface area contributed by atoms with Crippen molar-refractivity contribution < 1.29 is 35.1 Å². The number of nitrogens with zero attached hydrogens (tertiary/aromatic N) is 8. The molecule has 2 aliphatic rings. The fraction of sp³-hybridized carbons (Fsp3) is 0.265. The fourth-order valence-corrected chi connectivity index (χ4v) is 6.00. The molecule has 0 aliphatic carbocycles. The first-order valence-corrected chi connectivity index (χ1v) is 19.5. The largest absolute Gasteiger partial charge is 0.478 e. The van der Waals surface area contributed by atoms with Crippen molar-refractivity contribution in [3.05, 3.63) is 155 Å². The number of nitriles is 2. The molecule has 16 heteroatoms. The second-order valence-electron chi connectivity index (χ2n) is 13.4. The predicted octanol–water partition coefficient (Wildman–Crippen LogP) is 6.62. The third-order valence-corrected chi connectivity index (χ3v) is 9.11. The summed E-state index contributed by atoms with van der Waals surface area (Å²) in [5.74, 6) is -0.137. The molecule has 4 N–H and O–H groups in total. The van der Waals surface area contributed by atoms with E-state index in [2.05, 4.69) is 31.0 Å². The van der Waals surface area contributed by atoms with E-state index in [9.17, 15) is 9.59 Å². The molecule has 6 aromatic rings. The lowest BCUT2D eigenvalue weighted by Crippen LogP contribution is -2.36. The molecule has 2 aliphatic heterocycles. The standard InChI is InChI=1S/C24H23N5O2.C22H21N3O3.C2H4N2.CH4.ClH/c25-10-12-27-24(30)20-5-3-19(4-6-20)22-9-11-26-23(28-22)17-18-1-7-21(8-2-18)29-13-15-31-16-14-29;26-22(27)18-5-3-17(4-6-18)20-9-10-23-21(24-20)15-16-1-7-19(8-2-16)25-11-13-28-14-12-25;3-1-2-4;;/h1-9,11H,12-17H2,(H,27,30);1-10H,11-15H2,(H,26,27);1,3H2;1H4;1H/i13D2,14D2;11D2,12D2;;;. The Morgan fingerprint density at radius 2 is 1.06 bits per heavy atom. The highest BCUT2D eigenvalue weighted by atomic mass is 35.5. The summed E-state index contributed by atoms with van der Waals surface area (Å²) < 4.78 is 75.3. The number of morpholine rings is 2. The number of hydrogen-bond acceptors (Lipinski definition) is 13. The number of rotatable bonds is 11. The highest BCUT2D eigenvalue weighted by molar-refractivity contribution is 5.94. The number of halogens is 1. The van der Waals surface area contributed by atoms with E-state index in [1.54, 1.807) is 103 Å². The maximum Gasteiger partial charge on any atom is 0.335 e. The minimum atomic E-state index is -1.97. The van der Waals surface area contributed by atoms with Gasteiger partial charge in [-0.2, -0.15) is 10.5 Å². The molecule has 0 saturated carbocycles.